The molecule has 1 aromatic heterocycles. The zero-order chi connectivity index (χ0) is 16.8. The van der Waals surface area contributed by atoms with Crippen LogP contribution in [-0.2, 0) is 22.6 Å². The molecule has 0 aliphatic carbocycles. The van der Waals surface area contributed by atoms with Crippen LogP contribution in [0.5, 0.6) is 0 Å². The van der Waals surface area contributed by atoms with Crippen molar-refractivity contribution in [3.63, 3.8) is 0 Å². The topological polar surface area (TPSA) is 58.2 Å². The third kappa shape index (κ3) is 4.45. The SMILES string of the molecule is O=C(CCC1(Cc2ccccc2)CCC(=O)N1)NCc1cccs1. The van der Waals surface area contributed by atoms with E-state index >= 15 is 0 Å². The fourth-order valence-corrected chi connectivity index (χ4v) is 3.85. The van der Waals surface area contributed by atoms with Gasteiger partial charge in [-0.1, -0.05) is 36.4 Å². The van der Waals surface area contributed by atoms with Crippen LogP contribution < -0.4 is 10.6 Å². The van der Waals surface area contributed by atoms with Crippen LogP contribution in [0, 0.1) is 0 Å². The fraction of sp³-hybridized carbons (Fsp3) is 0.368. The van der Waals surface area contributed by atoms with Gasteiger partial charge in [0.05, 0.1) is 6.54 Å². The van der Waals surface area contributed by atoms with Gasteiger partial charge in [-0.3, -0.25) is 9.59 Å². The quantitative estimate of drug-likeness (QED) is 0.812. The van der Waals surface area contributed by atoms with Gasteiger partial charge in [-0.25, -0.2) is 0 Å². The van der Waals surface area contributed by atoms with E-state index in [0.717, 1.165) is 17.7 Å². The van der Waals surface area contributed by atoms with E-state index in [2.05, 4.69) is 22.8 Å². The van der Waals surface area contributed by atoms with Crippen LogP contribution in [0.2, 0.25) is 0 Å². The van der Waals surface area contributed by atoms with Crippen molar-refractivity contribution < 1.29 is 9.59 Å². The minimum absolute atomic E-state index is 0.0389. The first-order valence-corrected chi connectivity index (χ1v) is 9.17. The molecular weight excluding hydrogens is 320 g/mol. The number of hydrogen-bond donors (Lipinski definition) is 2. The minimum Gasteiger partial charge on any atom is -0.351 e. The molecule has 0 radical (unpaired) electrons. The second-order valence-corrected chi connectivity index (χ2v) is 7.38. The van der Waals surface area contributed by atoms with E-state index in [1.54, 1.807) is 11.3 Å². The van der Waals surface area contributed by atoms with Gasteiger partial charge >= 0.3 is 0 Å². The number of amides is 2. The van der Waals surface area contributed by atoms with Crippen LogP contribution in [-0.4, -0.2) is 17.4 Å². The first kappa shape index (κ1) is 16.7. The molecule has 2 heterocycles. The normalized spacial score (nSPS) is 19.9. The van der Waals surface area contributed by atoms with Gasteiger partial charge in [0.1, 0.15) is 0 Å². The summed E-state index contributed by atoms with van der Waals surface area (Å²) in [6, 6.07) is 14.1. The van der Waals surface area contributed by atoms with Crippen LogP contribution in [0.25, 0.3) is 0 Å². The molecule has 3 rings (SSSR count). The van der Waals surface area contributed by atoms with Crippen molar-refractivity contribution in [3.8, 4) is 0 Å². The Bertz CT molecular complexity index is 685. The molecule has 1 aliphatic heterocycles. The van der Waals surface area contributed by atoms with Crippen molar-refractivity contribution in [2.24, 2.45) is 0 Å². The maximum Gasteiger partial charge on any atom is 0.220 e. The standard InChI is InChI=1S/C19H22N2O2S/c22-17(20-14-16-7-4-12-24-16)8-10-19(11-9-18(23)21-19)13-15-5-2-1-3-6-15/h1-7,12H,8-11,13-14H2,(H,20,22)(H,21,23). The van der Waals surface area contributed by atoms with Crippen molar-refractivity contribution in [2.75, 3.05) is 0 Å². The molecule has 24 heavy (non-hydrogen) atoms. The highest BCUT2D eigenvalue weighted by Gasteiger charge is 2.37. The molecule has 0 saturated carbocycles. The monoisotopic (exact) mass is 342 g/mol. The largest absolute Gasteiger partial charge is 0.351 e. The maximum absolute atomic E-state index is 12.2. The number of carbonyl (C=O) groups excluding carboxylic acids is 2. The summed E-state index contributed by atoms with van der Waals surface area (Å²) < 4.78 is 0. The Kier molecular flexibility index (Phi) is 5.30. The number of rotatable bonds is 7. The summed E-state index contributed by atoms with van der Waals surface area (Å²) in [5.74, 6) is 0.127. The zero-order valence-corrected chi connectivity index (χ0v) is 14.4. The van der Waals surface area contributed by atoms with Crippen LogP contribution in [0.1, 0.15) is 36.1 Å². The van der Waals surface area contributed by atoms with Gasteiger partial charge in [-0.15, -0.1) is 11.3 Å². The number of hydrogen-bond acceptors (Lipinski definition) is 3. The highest BCUT2D eigenvalue weighted by Crippen LogP contribution is 2.29. The van der Waals surface area contributed by atoms with E-state index in [1.807, 2.05) is 35.7 Å². The Morgan fingerprint density at radius 3 is 2.71 bits per heavy atom. The van der Waals surface area contributed by atoms with Gasteiger partial charge in [-0.2, -0.15) is 0 Å². The molecule has 2 N–H and O–H groups in total. The molecule has 2 aromatic rings. The predicted molar refractivity (Wildman–Crippen MR) is 95.7 cm³/mol. The summed E-state index contributed by atoms with van der Waals surface area (Å²) in [6.07, 6.45) is 3.21. The Labute approximate surface area is 146 Å². The molecule has 1 atom stereocenters. The second kappa shape index (κ2) is 7.62. The molecular formula is C19H22N2O2S. The highest BCUT2D eigenvalue weighted by molar-refractivity contribution is 7.09. The Morgan fingerprint density at radius 1 is 1.21 bits per heavy atom. The van der Waals surface area contributed by atoms with Gasteiger partial charge in [0, 0.05) is 23.3 Å². The van der Waals surface area contributed by atoms with Crippen LogP contribution in [0.3, 0.4) is 0 Å². The van der Waals surface area contributed by atoms with E-state index in [9.17, 15) is 9.59 Å². The first-order valence-electron chi connectivity index (χ1n) is 8.29. The number of nitrogens with one attached hydrogen (secondary N) is 2. The smallest absolute Gasteiger partial charge is 0.220 e. The molecule has 1 fully saturated rings. The molecule has 1 aromatic carbocycles. The van der Waals surface area contributed by atoms with Crippen molar-refractivity contribution in [1.82, 2.24) is 10.6 Å². The second-order valence-electron chi connectivity index (χ2n) is 6.35. The third-order valence-electron chi connectivity index (χ3n) is 4.49. The number of thiophene rings is 1. The summed E-state index contributed by atoms with van der Waals surface area (Å²) in [6.45, 7) is 0.578. The van der Waals surface area contributed by atoms with E-state index in [4.69, 9.17) is 0 Å². The lowest BCUT2D eigenvalue weighted by molar-refractivity contribution is -0.122. The molecule has 1 saturated heterocycles. The average Bonchev–Trinajstić information content (AvgIpc) is 3.22. The zero-order valence-electron chi connectivity index (χ0n) is 13.6. The third-order valence-corrected chi connectivity index (χ3v) is 5.37. The van der Waals surface area contributed by atoms with Crippen LogP contribution in [0.4, 0.5) is 0 Å². The van der Waals surface area contributed by atoms with Crippen LogP contribution in [0.15, 0.2) is 47.8 Å². The Morgan fingerprint density at radius 2 is 2.04 bits per heavy atom. The minimum atomic E-state index is -0.293. The summed E-state index contributed by atoms with van der Waals surface area (Å²) in [4.78, 5) is 25.1. The lowest BCUT2D eigenvalue weighted by atomic mass is 9.85. The lowest BCUT2D eigenvalue weighted by Gasteiger charge is -2.29. The van der Waals surface area contributed by atoms with Gasteiger partial charge in [0.25, 0.3) is 0 Å². The number of benzene rings is 1. The van der Waals surface area contributed by atoms with Crippen molar-refractivity contribution >= 4 is 23.2 Å². The average molecular weight is 342 g/mol. The molecule has 126 valence electrons. The summed E-state index contributed by atoms with van der Waals surface area (Å²) in [5.41, 5.74) is 0.900. The van der Waals surface area contributed by atoms with Gasteiger partial charge < -0.3 is 10.6 Å². The number of carbonyl (C=O) groups is 2. The molecule has 1 unspecified atom stereocenters. The molecule has 1 aliphatic rings. The Balaban J connectivity index is 1.56. The van der Waals surface area contributed by atoms with Gasteiger partial charge in [-0.05, 0) is 36.3 Å². The van der Waals surface area contributed by atoms with Gasteiger partial charge in [0.15, 0.2) is 0 Å². The molecule has 0 bridgehead atoms. The van der Waals surface area contributed by atoms with E-state index in [1.165, 1.54) is 5.56 Å². The molecule has 4 nitrogen and oxygen atoms in total. The Hall–Kier alpha value is -2.14. The molecule has 5 heteroatoms. The molecule has 0 spiro atoms. The van der Waals surface area contributed by atoms with E-state index in [0.29, 0.717) is 25.8 Å². The predicted octanol–water partition coefficient (Wildman–Crippen LogP) is 3.04. The van der Waals surface area contributed by atoms with E-state index < -0.39 is 0 Å². The lowest BCUT2D eigenvalue weighted by Crippen LogP contribution is -2.44. The van der Waals surface area contributed by atoms with Crippen molar-refractivity contribution in [3.05, 3.63) is 58.3 Å². The van der Waals surface area contributed by atoms with Crippen molar-refractivity contribution in [2.45, 2.75) is 44.2 Å². The van der Waals surface area contributed by atoms with Gasteiger partial charge in [0.2, 0.25) is 11.8 Å². The maximum atomic E-state index is 12.2. The summed E-state index contributed by atoms with van der Waals surface area (Å²) in [5, 5.41) is 8.09. The highest BCUT2D eigenvalue weighted by atomic mass is 32.1. The fourth-order valence-electron chi connectivity index (χ4n) is 3.21. The van der Waals surface area contributed by atoms with Crippen LogP contribution >= 0.6 is 11.3 Å². The molecule has 2 amide bonds. The summed E-state index contributed by atoms with van der Waals surface area (Å²) >= 11 is 1.64. The van der Waals surface area contributed by atoms with Crippen molar-refractivity contribution in [1.29, 1.82) is 0 Å². The summed E-state index contributed by atoms with van der Waals surface area (Å²) in [7, 11) is 0. The first-order chi connectivity index (χ1) is 11.7. The van der Waals surface area contributed by atoms with E-state index in [-0.39, 0.29) is 17.4 Å².